The minimum Gasteiger partial charge on any atom is -0.465 e. The molecular formula is C26H41IO2. The lowest BCUT2D eigenvalue weighted by atomic mass is 9.69. The van der Waals surface area contributed by atoms with E-state index in [-0.39, 0.29) is 15.1 Å². The standard InChI is InChI=1S/C26H41IO2/c1-18(28-15-14-19-10-8-7-9-11-19)29-21-12-13-22-20(16-21)17-23(26(5,6)27)24(22)25(2,3)4/h12-13,16,18-19,23-24H,7-11,14-15,17H2,1-6H3. The zero-order valence-corrected chi connectivity index (χ0v) is 21.6. The first-order chi connectivity index (χ1) is 13.6. The molecule has 1 aromatic rings. The van der Waals surface area contributed by atoms with Crippen LogP contribution in [0.15, 0.2) is 18.2 Å². The second-order valence-corrected chi connectivity index (χ2v) is 13.7. The minimum absolute atomic E-state index is 0.187. The Balaban J connectivity index is 1.60. The maximum Gasteiger partial charge on any atom is 0.196 e. The number of hydrogen-bond acceptors (Lipinski definition) is 2. The number of benzene rings is 1. The van der Waals surface area contributed by atoms with Crippen molar-refractivity contribution in [3.8, 4) is 5.75 Å². The Hall–Kier alpha value is -0.290. The summed E-state index contributed by atoms with van der Waals surface area (Å²) in [5, 5.41) is 0. The van der Waals surface area contributed by atoms with Crippen LogP contribution in [0.3, 0.4) is 0 Å². The third kappa shape index (κ3) is 6.12. The van der Waals surface area contributed by atoms with Crippen molar-refractivity contribution in [2.24, 2.45) is 17.3 Å². The van der Waals surface area contributed by atoms with Gasteiger partial charge in [0.2, 0.25) is 0 Å². The van der Waals surface area contributed by atoms with Gasteiger partial charge < -0.3 is 9.47 Å². The van der Waals surface area contributed by atoms with Gasteiger partial charge in [0, 0.05) is 3.42 Å². The molecule has 2 aliphatic carbocycles. The summed E-state index contributed by atoms with van der Waals surface area (Å²) in [6, 6.07) is 6.75. The first-order valence-electron chi connectivity index (χ1n) is 11.7. The summed E-state index contributed by atoms with van der Waals surface area (Å²) in [6.45, 7) is 14.8. The largest absolute Gasteiger partial charge is 0.465 e. The fourth-order valence-electron chi connectivity index (χ4n) is 5.52. The summed E-state index contributed by atoms with van der Waals surface area (Å²) in [7, 11) is 0. The molecule has 3 unspecified atom stereocenters. The molecule has 3 heteroatoms. The predicted octanol–water partition coefficient (Wildman–Crippen LogP) is 7.91. The van der Waals surface area contributed by atoms with E-state index in [0.29, 0.717) is 11.8 Å². The highest BCUT2D eigenvalue weighted by atomic mass is 127. The molecule has 0 spiro atoms. The normalized spacial score (nSPS) is 24.4. The van der Waals surface area contributed by atoms with Gasteiger partial charge in [-0.25, -0.2) is 0 Å². The zero-order chi connectivity index (χ0) is 21.2. The van der Waals surface area contributed by atoms with Crippen LogP contribution in [0.4, 0.5) is 0 Å². The molecule has 1 aromatic carbocycles. The molecule has 0 heterocycles. The van der Waals surface area contributed by atoms with Crippen LogP contribution in [0, 0.1) is 17.3 Å². The summed E-state index contributed by atoms with van der Waals surface area (Å²) in [6.07, 6.45) is 9.11. The quantitative estimate of drug-likeness (QED) is 0.210. The molecule has 3 rings (SSSR count). The van der Waals surface area contributed by atoms with Crippen molar-refractivity contribution in [3.05, 3.63) is 29.3 Å². The molecule has 1 saturated carbocycles. The van der Waals surface area contributed by atoms with Crippen molar-refractivity contribution in [2.75, 3.05) is 6.61 Å². The fourth-order valence-corrected chi connectivity index (χ4v) is 6.10. The molecule has 0 N–H and O–H groups in total. The van der Waals surface area contributed by atoms with Gasteiger partial charge >= 0.3 is 0 Å². The Morgan fingerprint density at radius 3 is 2.38 bits per heavy atom. The molecule has 0 saturated heterocycles. The predicted molar refractivity (Wildman–Crippen MR) is 131 cm³/mol. The maximum absolute atomic E-state index is 6.15. The monoisotopic (exact) mass is 512 g/mol. The lowest BCUT2D eigenvalue weighted by molar-refractivity contribution is -0.0711. The maximum atomic E-state index is 6.15. The van der Waals surface area contributed by atoms with E-state index in [2.05, 4.69) is 75.4 Å². The van der Waals surface area contributed by atoms with Crippen molar-refractivity contribution >= 4 is 22.6 Å². The molecule has 164 valence electrons. The fraction of sp³-hybridized carbons (Fsp3) is 0.769. The Bertz CT molecular complexity index is 664. The minimum atomic E-state index is -0.187. The van der Waals surface area contributed by atoms with Crippen molar-refractivity contribution < 1.29 is 9.47 Å². The summed E-state index contributed by atoms with van der Waals surface area (Å²) >= 11 is 2.64. The van der Waals surface area contributed by atoms with Crippen LogP contribution in [-0.4, -0.2) is 16.3 Å². The SMILES string of the molecule is CC(OCCC1CCCCC1)Oc1ccc2c(c1)CC(C(C)(C)I)C2C(C)(C)C. The van der Waals surface area contributed by atoms with E-state index >= 15 is 0 Å². The number of halogens is 1. The average Bonchev–Trinajstić information content (AvgIpc) is 3.02. The van der Waals surface area contributed by atoms with Crippen molar-refractivity contribution in [1.29, 1.82) is 0 Å². The molecule has 0 amide bonds. The topological polar surface area (TPSA) is 18.5 Å². The highest BCUT2D eigenvalue weighted by molar-refractivity contribution is 14.1. The van der Waals surface area contributed by atoms with Crippen LogP contribution < -0.4 is 4.74 Å². The van der Waals surface area contributed by atoms with Crippen LogP contribution in [-0.2, 0) is 11.2 Å². The summed E-state index contributed by atoms with van der Waals surface area (Å²) in [5.41, 5.74) is 3.24. The summed E-state index contributed by atoms with van der Waals surface area (Å²) in [5.74, 6) is 3.05. The van der Waals surface area contributed by atoms with E-state index in [1.54, 1.807) is 0 Å². The lowest BCUT2D eigenvalue weighted by Crippen LogP contribution is -2.33. The van der Waals surface area contributed by atoms with Gasteiger partial charge in [-0.3, -0.25) is 0 Å². The number of fused-ring (bicyclic) bond motifs is 1. The van der Waals surface area contributed by atoms with Crippen molar-refractivity contribution in [2.45, 2.75) is 102 Å². The number of ether oxygens (including phenoxy) is 2. The molecule has 1 fully saturated rings. The number of hydrogen-bond donors (Lipinski definition) is 0. The van der Waals surface area contributed by atoms with Gasteiger partial charge in [0.25, 0.3) is 0 Å². The zero-order valence-electron chi connectivity index (χ0n) is 19.4. The molecule has 0 bridgehead atoms. The van der Waals surface area contributed by atoms with E-state index in [4.69, 9.17) is 9.47 Å². The Labute approximate surface area is 192 Å². The van der Waals surface area contributed by atoms with Gasteiger partial charge in [-0.2, -0.15) is 0 Å². The molecule has 0 aromatic heterocycles. The lowest BCUT2D eigenvalue weighted by Gasteiger charge is -2.39. The Morgan fingerprint density at radius 1 is 1.07 bits per heavy atom. The molecule has 2 nitrogen and oxygen atoms in total. The molecule has 29 heavy (non-hydrogen) atoms. The third-order valence-corrected chi connectivity index (χ3v) is 7.81. The van der Waals surface area contributed by atoms with Gasteiger partial charge in [-0.15, -0.1) is 0 Å². The molecular weight excluding hydrogens is 471 g/mol. The van der Waals surface area contributed by atoms with Gasteiger partial charge in [-0.1, -0.05) is 95.4 Å². The Kier molecular flexibility index (Phi) is 7.63. The molecule has 0 aliphatic heterocycles. The van der Waals surface area contributed by atoms with Crippen LogP contribution in [0.5, 0.6) is 5.75 Å². The second-order valence-electron chi connectivity index (χ2n) is 10.9. The van der Waals surface area contributed by atoms with E-state index in [9.17, 15) is 0 Å². The van der Waals surface area contributed by atoms with Gasteiger partial charge in [0.1, 0.15) is 5.75 Å². The first-order valence-corrected chi connectivity index (χ1v) is 12.7. The van der Waals surface area contributed by atoms with Crippen LogP contribution >= 0.6 is 22.6 Å². The molecule has 0 radical (unpaired) electrons. The van der Waals surface area contributed by atoms with Gasteiger partial charge in [-0.05, 0) is 66.2 Å². The van der Waals surface area contributed by atoms with Crippen LogP contribution in [0.1, 0.15) is 97.1 Å². The highest BCUT2D eigenvalue weighted by Gasteiger charge is 2.45. The number of rotatable bonds is 7. The summed E-state index contributed by atoms with van der Waals surface area (Å²) < 4.78 is 12.4. The molecule has 2 aliphatic rings. The first kappa shape index (κ1) is 23.4. The van der Waals surface area contributed by atoms with Crippen molar-refractivity contribution in [3.63, 3.8) is 0 Å². The van der Waals surface area contributed by atoms with Crippen LogP contribution in [0.25, 0.3) is 0 Å². The second kappa shape index (κ2) is 9.46. The summed E-state index contributed by atoms with van der Waals surface area (Å²) in [4.78, 5) is 0. The smallest absolute Gasteiger partial charge is 0.196 e. The van der Waals surface area contributed by atoms with Gasteiger partial charge in [0.05, 0.1) is 6.61 Å². The third-order valence-electron chi connectivity index (χ3n) is 7.01. The van der Waals surface area contributed by atoms with Crippen molar-refractivity contribution in [1.82, 2.24) is 0 Å². The van der Waals surface area contributed by atoms with E-state index in [1.807, 2.05) is 6.92 Å². The van der Waals surface area contributed by atoms with E-state index in [0.717, 1.165) is 24.7 Å². The Morgan fingerprint density at radius 2 is 1.76 bits per heavy atom. The van der Waals surface area contributed by atoms with Crippen LogP contribution in [0.2, 0.25) is 0 Å². The number of alkyl halides is 1. The van der Waals surface area contributed by atoms with E-state index < -0.39 is 0 Å². The van der Waals surface area contributed by atoms with Gasteiger partial charge in [0.15, 0.2) is 6.29 Å². The highest BCUT2D eigenvalue weighted by Crippen LogP contribution is 2.54. The average molecular weight is 513 g/mol. The van der Waals surface area contributed by atoms with E-state index in [1.165, 1.54) is 49.7 Å². The molecule has 3 atom stereocenters.